The molecule has 0 aliphatic rings. The van der Waals surface area contributed by atoms with Crippen LogP contribution in [0.2, 0.25) is 5.02 Å². The van der Waals surface area contributed by atoms with E-state index in [0.29, 0.717) is 21.8 Å². The van der Waals surface area contributed by atoms with Crippen molar-refractivity contribution < 1.29 is 14.6 Å². The smallest absolute Gasteiger partial charge is 0.147 e. The number of rotatable bonds is 4. The standard InChI is InChI=1S/C14H14ClFN2O2/c1-8-14(20)11(9(7-19)5-17-8)6-18-13-3-2-10(15)4-12(13)16/h2-5,18-20H,6-7H2,1H3. The molecule has 0 amide bonds. The van der Waals surface area contributed by atoms with Gasteiger partial charge in [0.2, 0.25) is 0 Å². The maximum atomic E-state index is 13.6. The molecule has 0 atom stereocenters. The van der Waals surface area contributed by atoms with Gasteiger partial charge >= 0.3 is 0 Å². The maximum Gasteiger partial charge on any atom is 0.147 e. The zero-order valence-electron chi connectivity index (χ0n) is 10.8. The fourth-order valence-electron chi connectivity index (χ4n) is 1.83. The SMILES string of the molecule is Cc1ncc(CO)c(CNc2ccc(Cl)cc2F)c1O. The first-order chi connectivity index (χ1) is 9.52. The van der Waals surface area contributed by atoms with E-state index in [2.05, 4.69) is 10.3 Å². The van der Waals surface area contributed by atoms with Gasteiger partial charge in [-0.15, -0.1) is 0 Å². The molecule has 1 heterocycles. The quantitative estimate of drug-likeness (QED) is 0.811. The summed E-state index contributed by atoms with van der Waals surface area (Å²) >= 11 is 5.68. The van der Waals surface area contributed by atoms with Crippen molar-refractivity contribution in [3.05, 3.63) is 52.1 Å². The van der Waals surface area contributed by atoms with Gasteiger partial charge in [-0.1, -0.05) is 11.6 Å². The van der Waals surface area contributed by atoms with Gasteiger partial charge < -0.3 is 15.5 Å². The Hall–Kier alpha value is -1.85. The number of anilines is 1. The third kappa shape index (κ3) is 3.00. The number of hydrogen-bond acceptors (Lipinski definition) is 4. The van der Waals surface area contributed by atoms with Crippen LogP contribution in [0, 0.1) is 12.7 Å². The van der Waals surface area contributed by atoms with E-state index in [0.717, 1.165) is 0 Å². The van der Waals surface area contributed by atoms with Crippen molar-refractivity contribution in [2.45, 2.75) is 20.1 Å². The van der Waals surface area contributed by atoms with Crippen LogP contribution in [-0.4, -0.2) is 15.2 Å². The van der Waals surface area contributed by atoms with Gasteiger partial charge in [-0.25, -0.2) is 4.39 Å². The number of pyridine rings is 1. The molecular formula is C14H14ClFN2O2. The second-order valence-electron chi connectivity index (χ2n) is 4.33. The van der Waals surface area contributed by atoms with Crippen LogP contribution < -0.4 is 5.32 Å². The highest BCUT2D eigenvalue weighted by Gasteiger charge is 2.12. The first kappa shape index (κ1) is 14.6. The molecule has 0 bridgehead atoms. The van der Waals surface area contributed by atoms with Crippen LogP contribution in [-0.2, 0) is 13.2 Å². The molecule has 3 N–H and O–H groups in total. The second-order valence-corrected chi connectivity index (χ2v) is 4.77. The topological polar surface area (TPSA) is 65.4 Å². The van der Waals surface area contributed by atoms with E-state index in [-0.39, 0.29) is 24.6 Å². The van der Waals surface area contributed by atoms with Gasteiger partial charge in [0.25, 0.3) is 0 Å². The summed E-state index contributed by atoms with van der Waals surface area (Å²) in [7, 11) is 0. The summed E-state index contributed by atoms with van der Waals surface area (Å²) in [4.78, 5) is 3.96. The normalized spacial score (nSPS) is 10.6. The van der Waals surface area contributed by atoms with Crippen LogP contribution in [0.1, 0.15) is 16.8 Å². The minimum atomic E-state index is -0.478. The van der Waals surface area contributed by atoms with Crippen LogP contribution in [0.3, 0.4) is 0 Å². The van der Waals surface area contributed by atoms with Gasteiger partial charge in [-0.2, -0.15) is 0 Å². The Kier molecular flexibility index (Phi) is 4.42. The lowest BCUT2D eigenvalue weighted by Gasteiger charge is -2.13. The first-order valence-electron chi connectivity index (χ1n) is 5.99. The van der Waals surface area contributed by atoms with Crippen LogP contribution in [0.4, 0.5) is 10.1 Å². The number of hydrogen-bond donors (Lipinski definition) is 3. The summed E-state index contributed by atoms with van der Waals surface area (Å²) in [5.74, 6) is -0.480. The fraction of sp³-hybridized carbons (Fsp3) is 0.214. The highest BCUT2D eigenvalue weighted by Crippen LogP contribution is 2.26. The van der Waals surface area contributed by atoms with Gasteiger partial charge in [0.1, 0.15) is 11.6 Å². The molecule has 0 unspecified atom stereocenters. The van der Waals surface area contributed by atoms with Crippen molar-refractivity contribution in [2.75, 3.05) is 5.32 Å². The Morgan fingerprint density at radius 2 is 2.15 bits per heavy atom. The Labute approximate surface area is 120 Å². The summed E-state index contributed by atoms with van der Waals surface area (Å²) in [6.07, 6.45) is 1.49. The minimum absolute atomic E-state index is 0.00146. The van der Waals surface area contributed by atoms with Gasteiger partial charge in [0.05, 0.1) is 18.0 Å². The molecule has 0 aliphatic carbocycles. The second kappa shape index (κ2) is 6.07. The predicted molar refractivity (Wildman–Crippen MR) is 75.3 cm³/mol. The molecule has 1 aromatic carbocycles. The number of nitrogens with one attached hydrogen (secondary N) is 1. The summed E-state index contributed by atoms with van der Waals surface area (Å²) < 4.78 is 13.6. The third-order valence-electron chi connectivity index (χ3n) is 2.99. The highest BCUT2D eigenvalue weighted by molar-refractivity contribution is 6.30. The van der Waals surface area contributed by atoms with Gasteiger partial charge in [-0.05, 0) is 25.1 Å². The summed E-state index contributed by atoms with van der Waals surface area (Å²) in [5, 5.41) is 22.4. The molecule has 0 aliphatic heterocycles. The Morgan fingerprint density at radius 3 is 2.80 bits per heavy atom. The molecule has 1 aromatic heterocycles. The fourth-order valence-corrected chi connectivity index (χ4v) is 1.99. The van der Waals surface area contributed by atoms with Crippen molar-refractivity contribution in [1.29, 1.82) is 0 Å². The first-order valence-corrected chi connectivity index (χ1v) is 6.36. The molecule has 0 spiro atoms. The average molecular weight is 297 g/mol. The van der Waals surface area contributed by atoms with E-state index in [1.807, 2.05) is 0 Å². The average Bonchev–Trinajstić information content (AvgIpc) is 2.42. The lowest BCUT2D eigenvalue weighted by Crippen LogP contribution is -2.06. The highest BCUT2D eigenvalue weighted by atomic mass is 35.5. The molecule has 0 saturated heterocycles. The number of aromatic hydroxyl groups is 1. The van der Waals surface area contributed by atoms with Crippen LogP contribution in [0.15, 0.2) is 24.4 Å². The molecule has 6 heteroatoms. The molecule has 106 valence electrons. The Balaban J connectivity index is 2.24. The number of aryl methyl sites for hydroxylation is 1. The number of halogens is 2. The van der Waals surface area contributed by atoms with Gasteiger partial charge in [-0.3, -0.25) is 4.98 Å². The van der Waals surface area contributed by atoms with E-state index < -0.39 is 5.82 Å². The van der Waals surface area contributed by atoms with Crippen molar-refractivity contribution in [3.63, 3.8) is 0 Å². The van der Waals surface area contributed by atoms with Crippen molar-refractivity contribution in [1.82, 2.24) is 4.98 Å². The van der Waals surface area contributed by atoms with E-state index in [1.165, 1.54) is 18.3 Å². The van der Waals surface area contributed by atoms with E-state index in [9.17, 15) is 14.6 Å². The predicted octanol–water partition coefficient (Wildman–Crippen LogP) is 2.99. The van der Waals surface area contributed by atoms with Crippen molar-refractivity contribution >= 4 is 17.3 Å². The van der Waals surface area contributed by atoms with Crippen molar-refractivity contribution in [2.24, 2.45) is 0 Å². The number of aliphatic hydroxyl groups excluding tert-OH is 1. The monoisotopic (exact) mass is 296 g/mol. The maximum absolute atomic E-state index is 13.6. The van der Waals surface area contributed by atoms with E-state index >= 15 is 0 Å². The lowest BCUT2D eigenvalue weighted by atomic mass is 10.1. The molecule has 0 saturated carbocycles. The zero-order chi connectivity index (χ0) is 14.7. The molecule has 0 fully saturated rings. The summed E-state index contributed by atoms with van der Waals surface area (Å²) in [6, 6.07) is 4.29. The largest absolute Gasteiger partial charge is 0.506 e. The molecule has 2 rings (SSSR count). The van der Waals surface area contributed by atoms with Gasteiger partial charge in [0, 0.05) is 28.9 Å². The van der Waals surface area contributed by atoms with Crippen LogP contribution in [0.25, 0.3) is 0 Å². The summed E-state index contributed by atoms with van der Waals surface area (Å²) in [5.41, 5.74) is 1.71. The van der Waals surface area contributed by atoms with Gasteiger partial charge in [0.15, 0.2) is 0 Å². The third-order valence-corrected chi connectivity index (χ3v) is 3.22. The number of aromatic nitrogens is 1. The molecule has 20 heavy (non-hydrogen) atoms. The number of benzene rings is 1. The minimum Gasteiger partial charge on any atom is -0.506 e. The summed E-state index contributed by atoms with van der Waals surface area (Å²) in [6.45, 7) is 1.58. The van der Waals surface area contributed by atoms with Crippen LogP contribution >= 0.6 is 11.6 Å². The van der Waals surface area contributed by atoms with E-state index in [4.69, 9.17) is 11.6 Å². The molecule has 0 radical (unpaired) electrons. The molecule has 2 aromatic rings. The molecular weight excluding hydrogens is 283 g/mol. The lowest BCUT2D eigenvalue weighted by molar-refractivity contribution is 0.279. The number of aliphatic hydroxyl groups is 1. The van der Waals surface area contributed by atoms with E-state index in [1.54, 1.807) is 13.0 Å². The zero-order valence-corrected chi connectivity index (χ0v) is 11.6. The Morgan fingerprint density at radius 1 is 1.40 bits per heavy atom. The molecule has 4 nitrogen and oxygen atoms in total. The van der Waals surface area contributed by atoms with Crippen molar-refractivity contribution in [3.8, 4) is 5.75 Å². The van der Waals surface area contributed by atoms with Crippen LogP contribution in [0.5, 0.6) is 5.75 Å². The number of nitrogens with zero attached hydrogens (tertiary/aromatic N) is 1. The Bertz CT molecular complexity index is 635.